The highest BCUT2D eigenvalue weighted by Gasteiger charge is 2.43. The fourth-order valence-corrected chi connectivity index (χ4v) is 3.85. The maximum atomic E-state index is 12.8. The van der Waals surface area contributed by atoms with E-state index >= 15 is 0 Å². The first-order valence-corrected chi connectivity index (χ1v) is 9.84. The van der Waals surface area contributed by atoms with Gasteiger partial charge in [-0.15, -0.1) is 11.3 Å². The Morgan fingerprint density at radius 2 is 1.89 bits per heavy atom. The summed E-state index contributed by atoms with van der Waals surface area (Å²) >= 11 is 1.33. The molecule has 6 nitrogen and oxygen atoms in total. The predicted molar refractivity (Wildman–Crippen MR) is 105 cm³/mol. The molecule has 7 heteroatoms. The van der Waals surface area contributed by atoms with Crippen LogP contribution in [0.4, 0.5) is 5.13 Å². The Hall–Kier alpha value is -2.41. The van der Waals surface area contributed by atoms with E-state index in [9.17, 15) is 9.59 Å². The van der Waals surface area contributed by atoms with E-state index in [0.29, 0.717) is 17.2 Å². The van der Waals surface area contributed by atoms with Crippen molar-refractivity contribution >= 4 is 28.4 Å². The van der Waals surface area contributed by atoms with Gasteiger partial charge in [-0.3, -0.25) is 9.59 Å². The highest BCUT2D eigenvalue weighted by molar-refractivity contribution is 7.15. The summed E-state index contributed by atoms with van der Waals surface area (Å²) in [6.45, 7) is 6.00. The van der Waals surface area contributed by atoms with E-state index < -0.39 is 5.41 Å². The quantitative estimate of drug-likeness (QED) is 0.655. The number of rotatable bonds is 9. The van der Waals surface area contributed by atoms with E-state index in [1.165, 1.54) is 11.3 Å². The van der Waals surface area contributed by atoms with Gasteiger partial charge < -0.3 is 15.2 Å². The third kappa shape index (κ3) is 5.07. The minimum atomic E-state index is -1.00. The van der Waals surface area contributed by atoms with E-state index in [0.717, 1.165) is 10.4 Å². The van der Waals surface area contributed by atoms with Gasteiger partial charge in [0.25, 0.3) is 0 Å². The number of aryl methyl sites for hydroxylation is 1. The van der Waals surface area contributed by atoms with Crippen LogP contribution in [-0.2, 0) is 31.1 Å². The second-order valence-corrected chi connectivity index (χ2v) is 7.49. The van der Waals surface area contributed by atoms with Gasteiger partial charge in [-0.25, -0.2) is 4.98 Å². The minimum Gasteiger partial charge on any atom is -0.465 e. The normalized spacial score (nSPS) is 13.0. The molecule has 0 aliphatic heterocycles. The molecule has 0 saturated heterocycles. The average molecular weight is 391 g/mol. The zero-order valence-electron chi connectivity index (χ0n) is 16.0. The summed E-state index contributed by atoms with van der Waals surface area (Å²) < 4.78 is 10.7. The molecule has 0 amide bonds. The second kappa shape index (κ2) is 9.50. The van der Waals surface area contributed by atoms with Crippen molar-refractivity contribution in [3.8, 4) is 0 Å². The van der Waals surface area contributed by atoms with Crippen molar-refractivity contribution in [2.24, 2.45) is 0 Å². The lowest BCUT2D eigenvalue weighted by Gasteiger charge is -2.29. The van der Waals surface area contributed by atoms with Crippen LogP contribution in [0.5, 0.6) is 0 Å². The van der Waals surface area contributed by atoms with Crippen LogP contribution in [0.3, 0.4) is 0 Å². The summed E-state index contributed by atoms with van der Waals surface area (Å²) in [5.41, 5.74) is 6.35. The molecule has 0 radical (unpaired) electrons. The Morgan fingerprint density at radius 3 is 2.44 bits per heavy atom. The van der Waals surface area contributed by atoms with Gasteiger partial charge in [0.1, 0.15) is 12.0 Å². The number of nitrogen functional groups attached to an aromatic ring is 1. The third-order valence-electron chi connectivity index (χ3n) is 4.53. The van der Waals surface area contributed by atoms with Crippen LogP contribution in [0.25, 0.3) is 0 Å². The Morgan fingerprint density at radius 1 is 1.19 bits per heavy atom. The van der Waals surface area contributed by atoms with Gasteiger partial charge in [0.15, 0.2) is 5.13 Å². The Labute approximate surface area is 163 Å². The number of nitrogens with two attached hydrogens (primary N) is 1. The molecule has 0 aliphatic rings. The van der Waals surface area contributed by atoms with Gasteiger partial charge >= 0.3 is 11.9 Å². The van der Waals surface area contributed by atoms with E-state index in [-0.39, 0.29) is 38.0 Å². The number of hydrogen-bond donors (Lipinski definition) is 1. The van der Waals surface area contributed by atoms with Crippen molar-refractivity contribution in [2.45, 2.75) is 52.1 Å². The highest BCUT2D eigenvalue weighted by atomic mass is 32.1. The van der Waals surface area contributed by atoms with Crippen molar-refractivity contribution in [1.29, 1.82) is 0 Å². The summed E-state index contributed by atoms with van der Waals surface area (Å²) in [5, 5.41) is 0.399. The summed E-state index contributed by atoms with van der Waals surface area (Å²) in [7, 11) is 0. The molecule has 1 aromatic carbocycles. The zero-order valence-corrected chi connectivity index (χ0v) is 16.8. The van der Waals surface area contributed by atoms with Crippen molar-refractivity contribution < 1.29 is 19.1 Å². The fourth-order valence-electron chi connectivity index (χ4n) is 3.06. The van der Waals surface area contributed by atoms with Crippen LogP contribution in [0.2, 0.25) is 0 Å². The number of nitrogens with zero attached hydrogens (tertiary/aromatic N) is 1. The first-order valence-electron chi connectivity index (χ1n) is 9.03. The van der Waals surface area contributed by atoms with Gasteiger partial charge in [-0.1, -0.05) is 37.3 Å². The molecule has 0 bridgehead atoms. The minimum absolute atomic E-state index is 0.0936. The molecular formula is C20H26N2O4S. The molecule has 2 rings (SSSR count). The molecule has 1 heterocycles. The maximum absolute atomic E-state index is 12.8. The lowest BCUT2D eigenvalue weighted by Crippen LogP contribution is -2.38. The standard InChI is InChI=1S/C20H26N2O4S/c1-4-20(18(24)25-5-2,17-14(3)27-19(21)22-17)12-11-16(23)26-13-15-9-7-6-8-10-15/h6-10H,4-5,11-13H2,1-3H3,(H2,21,22). The number of ether oxygens (including phenoxy) is 2. The lowest BCUT2D eigenvalue weighted by atomic mass is 9.77. The van der Waals surface area contributed by atoms with Gasteiger partial charge in [0.05, 0.1) is 12.3 Å². The first-order chi connectivity index (χ1) is 12.9. The summed E-state index contributed by atoms with van der Waals surface area (Å²) in [5.74, 6) is -0.737. The second-order valence-electron chi connectivity index (χ2n) is 6.26. The van der Waals surface area contributed by atoms with Crippen molar-refractivity contribution in [1.82, 2.24) is 4.98 Å². The molecule has 0 aliphatic carbocycles. The van der Waals surface area contributed by atoms with E-state index in [2.05, 4.69) is 4.98 Å². The summed E-state index contributed by atoms with van der Waals surface area (Å²) in [4.78, 5) is 30.3. The topological polar surface area (TPSA) is 91.5 Å². The Kier molecular flexibility index (Phi) is 7.36. The molecule has 0 spiro atoms. The van der Waals surface area contributed by atoms with Crippen LogP contribution in [0.15, 0.2) is 30.3 Å². The van der Waals surface area contributed by atoms with Gasteiger partial charge in [0, 0.05) is 11.3 Å². The SMILES string of the molecule is CCOC(=O)C(CC)(CCC(=O)OCc1ccccc1)c1nc(N)sc1C. The zero-order chi connectivity index (χ0) is 19.9. The molecule has 1 aromatic heterocycles. The number of hydrogen-bond acceptors (Lipinski definition) is 7. The van der Waals surface area contributed by atoms with Crippen LogP contribution in [0, 0.1) is 6.92 Å². The van der Waals surface area contributed by atoms with Crippen LogP contribution in [0.1, 0.15) is 49.2 Å². The predicted octanol–water partition coefficient (Wildman–Crippen LogP) is 3.77. The van der Waals surface area contributed by atoms with Crippen molar-refractivity contribution in [3.05, 3.63) is 46.5 Å². The summed E-state index contributed by atoms with van der Waals surface area (Å²) in [6, 6.07) is 9.47. The first kappa shape index (κ1) is 20.9. The monoisotopic (exact) mass is 390 g/mol. The van der Waals surface area contributed by atoms with E-state index in [4.69, 9.17) is 15.2 Å². The molecule has 1 atom stereocenters. The summed E-state index contributed by atoms with van der Waals surface area (Å²) in [6.07, 6.45) is 0.818. The molecule has 146 valence electrons. The number of thiazole rings is 1. The van der Waals surface area contributed by atoms with Crippen molar-refractivity contribution in [3.63, 3.8) is 0 Å². The van der Waals surface area contributed by atoms with Crippen molar-refractivity contribution in [2.75, 3.05) is 12.3 Å². The van der Waals surface area contributed by atoms with Gasteiger partial charge in [-0.05, 0) is 32.3 Å². The largest absolute Gasteiger partial charge is 0.465 e. The van der Waals surface area contributed by atoms with Crippen LogP contribution < -0.4 is 5.73 Å². The molecule has 1 unspecified atom stereocenters. The Bertz CT molecular complexity index is 776. The van der Waals surface area contributed by atoms with Crippen LogP contribution >= 0.6 is 11.3 Å². The molecule has 0 saturated carbocycles. The number of anilines is 1. The molecule has 27 heavy (non-hydrogen) atoms. The number of benzene rings is 1. The lowest BCUT2D eigenvalue weighted by molar-refractivity contribution is -0.152. The van der Waals surface area contributed by atoms with Gasteiger partial charge in [0.2, 0.25) is 0 Å². The van der Waals surface area contributed by atoms with E-state index in [1.54, 1.807) is 6.92 Å². The maximum Gasteiger partial charge on any atom is 0.318 e. The third-order valence-corrected chi connectivity index (χ3v) is 5.33. The van der Waals surface area contributed by atoms with Crippen LogP contribution in [-0.4, -0.2) is 23.5 Å². The highest BCUT2D eigenvalue weighted by Crippen LogP contribution is 2.38. The molecule has 2 N–H and O–H groups in total. The number of aromatic nitrogens is 1. The fraction of sp³-hybridized carbons (Fsp3) is 0.450. The van der Waals surface area contributed by atoms with E-state index in [1.807, 2.05) is 44.2 Å². The molecule has 0 fully saturated rings. The number of carbonyl (C=O) groups excluding carboxylic acids is 2. The van der Waals surface area contributed by atoms with Gasteiger partial charge in [-0.2, -0.15) is 0 Å². The number of esters is 2. The smallest absolute Gasteiger partial charge is 0.318 e. The average Bonchev–Trinajstić information content (AvgIpc) is 3.00. The number of carbonyl (C=O) groups is 2. The molecule has 2 aromatic rings. The Balaban J connectivity index is 2.13. The molecular weight excluding hydrogens is 364 g/mol.